The Balaban J connectivity index is 0.00000264. The molecule has 0 unspecified atom stereocenters. The summed E-state index contributed by atoms with van der Waals surface area (Å²) in [7, 11) is 0.428. The molecule has 2 aliphatic rings. The highest BCUT2D eigenvalue weighted by Crippen LogP contribution is 2.14. The summed E-state index contributed by atoms with van der Waals surface area (Å²) < 4.78 is 28.3. The minimum Gasteiger partial charge on any atom is -0.340 e. The molecule has 1 amide bonds. The van der Waals surface area contributed by atoms with Gasteiger partial charge in [0.05, 0.1) is 0 Å². The highest BCUT2D eigenvalue weighted by Gasteiger charge is 2.34. The number of carbonyl (C=O) groups is 1. The summed E-state index contributed by atoms with van der Waals surface area (Å²) in [6, 6.07) is 0. The van der Waals surface area contributed by atoms with Crippen LogP contribution < -0.4 is 5.32 Å². The van der Waals surface area contributed by atoms with Crippen molar-refractivity contribution in [1.29, 1.82) is 0 Å². The molecule has 2 rings (SSSR count). The molecule has 2 fully saturated rings. The lowest BCUT2D eigenvalue weighted by molar-refractivity contribution is -0.132. The molecule has 2 saturated heterocycles. The second-order valence-electron chi connectivity index (χ2n) is 5.84. The summed E-state index contributed by atoms with van der Waals surface area (Å²) in [6.45, 7) is 5.01. The van der Waals surface area contributed by atoms with Gasteiger partial charge in [-0.1, -0.05) is 0 Å². The van der Waals surface area contributed by atoms with E-state index in [0.29, 0.717) is 52.2 Å². The molecule has 0 bridgehead atoms. The van der Waals surface area contributed by atoms with Gasteiger partial charge in [0.15, 0.2) is 0 Å². The number of amides is 1. The van der Waals surface area contributed by atoms with E-state index in [-0.39, 0.29) is 18.3 Å². The number of nitrogens with zero attached hydrogens (tertiary/aromatic N) is 4. The van der Waals surface area contributed by atoms with Crippen LogP contribution in [-0.4, -0.2) is 106 Å². The van der Waals surface area contributed by atoms with Crippen LogP contribution in [0.15, 0.2) is 0 Å². The zero-order chi connectivity index (χ0) is 16.2. The third kappa shape index (κ3) is 5.27. The SMILES string of the molecule is CNCCC(=O)N1CCN(S(=O)(=O)N2CCN(C)CC2)CC1.Cl. The van der Waals surface area contributed by atoms with Crippen LogP contribution in [0.4, 0.5) is 0 Å². The first-order valence-electron chi connectivity index (χ1n) is 7.81. The Kier molecular flexibility index (Phi) is 8.19. The van der Waals surface area contributed by atoms with E-state index < -0.39 is 10.2 Å². The average molecular weight is 370 g/mol. The summed E-state index contributed by atoms with van der Waals surface area (Å²) in [6.07, 6.45) is 0.460. The largest absolute Gasteiger partial charge is 0.340 e. The van der Waals surface area contributed by atoms with Crippen LogP contribution in [0.2, 0.25) is 0 Å². The molecule has 10 heteroatoms. The van der Waals surface area contributed by atoms with Gasteiger partial charge in [-0.25, -0.2) is 0 Å². The quantitative estimate of drug-likeness (QED) is 0.648. The lowest BCUT2D eigenvalue weighted by atomic mass is 10.3. The van der Waals surface area contributed by atoms with Gasteiger partial charge in [0.1, 0.15) is 0 Å². The highest BCUT2D eigenvalue weighted by molar-refractivity contribution is 7.86. The lowest BCUT2D eigenvalue weighted by Crippen LogP contribution is -2.57. The highest BCUT2D eigenvalue weighted by atomic mass is 35.5. The fourth-order valence-corrected chi connectivity index (χ4v) is 4.32. The van der Waals surface area contributed by atoms with Crippen molar-refractivity contribution in [3.05, 3.63) is 0 Å². The van der Waals surface area contributed by atoms with Crippen molar-refractivity contribution in [2.45, 2.75) is 6.42 Å². The van der Waals surface area contributed by atoms with Crippen LogP contribution in [-0.2, 0) is 15.0 Å². The van der Waals surface area contributed by atoms with Crippen molar-refractivity contribution in [2.75, 3.05) is 73.0 Å². The standard InChI is InChI=1S/C13H27N5O3S.ClH/c1-14-4-3-13(19)16-7-11-18(12-8-16)22(20,21)17-9-5-15(2)6-10-17;/h14H,3-12H2,1-2H3;1H. The smallest absolute Gasteiger partial charge is 0.282 e. The molecule has 8 nitrogen and oxygen atoms in total. The zero-order valence-corrected chi connectivity index (χ0v) is 15.5. The summed E-state index contributed by atoms with van der Waals surface area (Å²) in [5, 5.41) is 2.95. The maximum Gasteiger partial charge on any atom is 0.282 e. The van der Waals surface area contributed by atoms with E-state index in [4.69, 9.17) is 0 Å². The molecule has 1 N–H and O–H groups in total. The van der Waals surface area contributed by atoms with E-state index >= 15 is 0 Å². The molecule has 0 atom stereocenters. The maximum atomic E-state index is 12.6. The Hall–Kier alpha value is -0.450. The summed E-state index contributed by atoms with van der Waals surface area (Å²) >= 11 is 0. The van der Waals surface area contributed by atoms with Crippen molar-refractivity contribution in [3.63, 3.8) is 0 Å². The van der Waals surface area contributed by atoms with Crippen LogP contribution in [0.1, 0.15) is 6.42 Å². The molecule has 0 aromatic carbocycles. The molecule has 23 heavy (non-hydrogen) atoms. The van der Waals surface area contributed by atoms with Gasteiger partial charge >= 0.3 is 0 Å². The fourth-order valence-electron chi connectivity index (χ4n) is 2.74. The van der Waals surface area contributed by atoms with Crippen molar-refractivity contribution in [3.8, 4) is 0 Å². The van der Waals surface area contributed by atoms with E-state index in [2.05, 4.69) is 10.2 Å². The second-order valence-corrected chi connectivity index (χ2v) is 7.77. The normalized spacial score (nSPS) is 21.9. The molecule has 0 aromatic heterocycles. The van der Waals surface area contributed by atoms with Crippen molar-refractivity contribution >= 4 is 28.5 Å². The van der Waals surface area contributed by atoms with E-state index in [0.717, 1.165) is 13.1 Å². The summed E-state index contributed by atoms with van der Waals surface area (Å²) in [5.41, 5.74) is 0. The Morgan fingerprint density at radius 2 is 1.43 bits per heavy atom. The number of piperazine rings is 2. The lowest BCUT2D eigenvalue weighted by Gasteiger charge is -2.39. The molecular weight excluding hydrogens is 342 g/mol. The minimum absolute atomic E-state index is 0. The van der Waals surface area contributed by atoms with Gasteiger partial charge in [-0.2, -0.15) is 17.0 Å². The average Bonchev–Trinajstić information content (AvgIpc) is 2.53. The monoisotopic (exact) mass is 369 g/mol. The molecule has 0 spiro atoms. The first-order chi connectivity index (χ1) is 10.4. The van der Waals surface area contributed by atoms with Crippen LogP contribution in [0, 0.1) is 0 Å². The van der Waals surface area contributed by atoms with Crippen LogP contribution in [0.3, 0.4) is 0 Å². The Labute approximate surface area is 145 Å². The van der Waals surface area contributed by atoms with E-state index in [1.54, 1.807) is 9.21 Å². The maximum absolute atomic E-state index is 12.6. The van der Waals surface area contributed by atoms with Crippen LogP contribution in [0.5, 0.6) is 0 Å². The summed E-state index contributed by atoms with van der Waals surface area (Å²) in [5.74, 6) is 0.0889. The number of likely N-dealkylation sites (N-methyl/N-ethyl adjacent to an activating group) is 1. The molecule has 2 aliphatic heterocycles. The van der Waals surface area contributed by atoms with Gasteiger partial charge in [0.25, 0.3) is 10.2 Å². The fraction of sp³-hybridized carbons (Fsp3) is 0.923. The molecule has 0 radical (unpaired) electrons. The van der Waals surface area contributed by atoms with E-state index in [9.17, 15) is 13.2 Å². The zero-order valence-electron chi connectivity index (χ0n) is 13.9. The Bertz CT molecular complexity index is 474. The number of nitrogens with one attached hydrogen (secondary N) is 1. The Morgan fingerprint density at radius 1 is 0.957 bits per heavy atom. The van der Waals surface area contributed by atoms with Gasteiger partial charge < -0.3 is 15.1 Å². The number of halogens is 1. The molecule has 0 saturated carbocycles. The van der Waals surface area contributed by atoms with Gasteiger partial charge in [-0.3, -0.25) is 4.79 Å². The first-order valence-corrected chi connectivity index (χ1v) is 9.21. The van der Waals surface area contributed by atoms with Crippen molar-refractivity contribution < 1.29 is 13.2 Å². The van der Waals surface area contributed by atoms with Crippen molar-refractivity contribution in [2.24, 2.45) is 0 Å². The molecule has 136 valence electrons. The second kappa shape index (κ2) is 9.14. The Morgan fingerprint density at radius 3 is 1.91 bits per heavy atom. The van der Waals surface area contributed by atoms with Gasteiger partial charge in [-0.05, 0) is 14.1 Å². The number of hydrogen-bond donors (Lipinski definition) is 1. The van der Waals surface area contributed by atoms with Gasteiger partial charge in [0.2, 0.25) is 5.91 Å². The number of carbonyl (C=O) groups excluding carboxylic acids is 1. The predicted molar refractivity (Wildman–Crippen MR) is 91.9 cm³/mol. The first kappa shape index (κ1) is 20.6. The number of hydrogen-bond acceptors (Lipinski definition) is 5. The van der Waals surface area contributed by atoms with Gasteiger partial charge in [0, 0.05) is 65.3 Å². The van der Waals surface area contributed by atoms with Crippen LogP contribution >= 0.6 is 12.4 Å². The molecule has 2 heterocycles. The molecule has 0 aliphatic carbocycles. The van der Waals surface area contributed by atoms with Crippen LogP contribution in [0.25, 0.3) is 0 Å². The van der Waals surface area contributed by atoms with E-state index in [1.807, 2.05) is 14.1 Å². The number of rotatable bonds is 5. The summed E-state index contributed by atoms with van der Waals surface area (Å²) in [4.78, 5) is 15.8. The third-order valence-electron chi connectivity index (χ3n) is 4.30. The molecular formula is C13H28ClN5O3S. The topological polar surface area (TPSA) is 76.2 Å². The third-order valence-corrected chi connectivity index (χ3v) is 6.33. The van der Waals surface area contributed by atoms with Crippen molar-refractivity contribution in [1.82, 2.24) is 23.7 Å². The van der Waals surface area contributed by atoms with E-state index in [1.165, 1.54) is 4.31 Å². The molecule has 0 aromatic rings. The predicted octanol–water partition coefficient (Wildman–Crippen LogP) is -1.35. The minimum atomic E-state index is -3.38. The van der Waals surface area contributed by atoms with Gasteiger partial charge in [-0.15, -0.1) is 12.4 Å².